The summed E-state index contributed by atoms with van der Waals surface area (Å²) in [6.07, 6.45) is 7.31. The van der Waals surface area contributed by atoms with Crippen molar-refractivity contribution in [3.05, 3.63) is 94.3 Å². The van der Waals surface area contributed by atoms with E-state index in [2.05, 4.69) is 6.92 Å². The highest BCUT2D eigenvalue weighted by Crippen LogP contribution is 2.37. The maximum absolute atomic E-state index is 14.8. The molecule has 3 aromatic rings. The fourth-order valence-electron chi connectivity index (χ4n) is 4.62. The Labute approximate surface area is 200 Å². The van der Waals surface area contributed by atoms with Crippen LogP contribution in [0.25, 0.3) is 23.3 Å². The van der Waals surface area contributed by atoms with Crippen LogP contribution in [0.5, 0.6) is 0 Å². The summed E-state index contributed by atoms with van der Waals surface area (Å²) in [6, 6.07) is 16.1. The maximum Gasteiger partial charge on any atom is 0.166 e. The summed E-state index contributed by atoms with van der Waals surface area (Å²) in [6.45, 7) is 4.88. The maximum atomic E-state index is 14.8. The van der Waals surface area contributed by atoms with Gasteiger partial charge in [-0.05, 0) is 59.9 Å². The fraction of sp³-hybridized carbons (Fsp3) is 0.333. The van der Waals surface area contributed by atoms with Crippen LogP contribution in [0.3, 0.4) is 0 Å². The van der Waals surface area contributed by atoms with Crippen LogP contribution in [-0.2, 0) is 11.3 Å². The van der Waals surface area contributed by atoms with E-state index >= 15 is 0 Å². The fourth-order valence-corrected chi connectivity index (χ4v) is 4.62. The molecule has 0 aliphatic heterocycles. The summed E-state index contributed by atoms with van der Waals surface area (Å²) < 4.78 is 49.2. The molecule has 0 spiro atoms. The Morgan fingerprint density at radius 3 is 2.21 bits per heavy atom. The molecule has 1 aliphatic rings. The molecule has 0 radical (unpaired) electrons. The summed E-state index contributed by atoms with van der Waals surface area (Å²) in [5.74, 6) is -1.03. The van der Waals surface area contributed by atoms with Gasteiger partial charge in [0.15, 0.2) is 11.6 Å². The van der Waals surface area contributed by atoms with E-state index in [1.807, 2.05) is 37.3 Å². The van der Waals surface area contributed by atoms with Crippen LogP contribution in [0.15, 0.2) is 54.6 Å². The van der Waals surface area contributed by atoms with Crippen LogP contribution in [0, 0.1) is 23.4 Å². The molecule has 0 bridgehead atoms. The van der Waals surface area contributed by atoms with Crippen molar-refractivity contribution in [2.24, 2.45) is 5.92 Å². The average molecular weight is 465 g/mol. The molecule has 1 aliphatic carbocycles. The topological polar surface area (TPSA) is 9.23 Å². The Hall–Kier alpha value is -2.85. The zero-order valence-electron chi connectivity index (χ0n) is 19.8. The van der Waals surface area contributed by atoms with E-state index in [9.17, 15) is 13.2 Å². The van der Waals surface area contributed by atoms with Gasteiger partial charge in [-0.2, -0.15) is 0 Å². The molecule has 34 heavy (non-hydrogen) atoms. The van der Waals surface area contributed by atoms with Crippen LogP contribution in [0.4, 0.5) is 13.2 Å². The first-order chi connectivity index (χ1) is 16.5. The monoisotopic (exact) mass is 464 g/mol. The highest BCUT2D eigenvalue weighted by molar-refractivity contribution is 5.72. The van der Waals surface area contributed by atoms with Crippen LogP contribution < -0.4 is 0 Å². The van der Waals surface area contributed by atoms with Crippen molar-refractivity contribution in [1.82, 2.24) is 0 Å². The number of rotatable bonds is 7. The molecule has 0 aromatic heterocycles. The lowest BCUT2D eigenvalue weighted by Crippen LogP contribution is -2.13. The molecule has 3 aromatic carbocycles. The molecular weight excluding hydrogens is 433 g/mol. The second-order valence-electron chi connectivity index (χ2n) is 9.23. The van der Waals surface area contributed by atoms with Crippen molar-refractivity contribution in [3.63, 3.8) is 0 Å². The molecule has 1 nitrogen and oxygen atoms in total. The molecule has 0 heterocycles. The van der Waals surface area contributed by atoms with Crippen molar-refractivity contribution >= 4 is 12.2 Å². The number of benzene rings is 3. The average Bonchev–Trinajstić information content (AvgIpc) is 2.85. The number of halogens is 3. The first-order valence-corrected chi connectivity index (χ1v) is 12.1. The molecule has 1 saturated carbocycles. The quantitative estimate of drug-likeness (QED) is 0.318. The lowest BCUT2D eigenvalue weighted by atomic mass is 9.79. The van der Waals surface area contributed by atoms with E-state index in [0.29, 0.717) is 23.7 Å². The Bertz CT molecular complexity index is 1140. The second-order valence-corrected chi connectivity index (χ2v) is 9.23. The molecule has 0 atom stereocenters. The number of hydrogen-bond acceptors (Lipinski definition) is 1. The van der Waals surface area contributed by atoms with Crippen molar-refractivity contribution in [3.8, 4) is 11.1 Å². The Balaban J connectivity index is 1.46. The van der Waals surface area contributed by atoms with Gasteiger partial charge in [0.2, 0.25) is 0 Å². The molecule has 0 N–H and O–H groups in total. The van der Waals surface area contributed by atoms with Gasteiger partial charge in [0.25, 0.3) is 0 Å². The van der Waals surface area contributed by atoms with Crippen LogP contribution in [0.2, 0.25) is 0 Å². The minimum absolute atomic E-state index is 0.106. The SMILES string of the molecule is CCOCc1ccc(-c2ccc(/C=C/c3ccc(C4CCC(C)CC4)c(F)c3F)cc2)cc1F. The normalized spacial score (nSPS) is 18.5. The molecule has 178 valence electrons. The highest BCUT2D eigenvalue weighted by Gasteiger charge is 2.24. The Morgan fingerprint density at radius 2 is 1.53 bits per heavy atom. The number of ether oxygens (including phenoxy) is 1. The summed E-state index contributed by atoms with van der Waals surface area (Å²) in [4.78, 5) is 0. The molecule has 1 fully saturated rings. The predicted octanol–water partition coefficient (Wildman–Crippen LogP) is 8.77. The molecule has 0 amide bonds. The second kappa shape index (κ2) is 11.1. The minimum Gasteiger partial charge on any atom is -0.377 e. The Kier molecular flexibility index (Phi) is 7.89. The van der Waals surface area contributed by atoms with E-state index in [4.69, 9.17) is 4.74 Å². The molecular formula is C30H31F3O. The summed E-state index contributed by atoms with van der Waals surface area (Å²) in [5, 5.41) is 0. The van der Waals surface area contributed by atoms with Gasteiger partial charge < -0.3 is 4.74 Å². The van der Waals surface area contributed by atoms with Gasteiger partial charge in [-0.3, -0.25) is 0 Å². The van der Waals surface area contributed by atoms with Crippen LogP contribution in [-0.4, -0.2) is 6.61 Å². The third-order valence-electron chi connectivity index (χ3n) is 6.81. The van der Waals surface area contributed by atoms with E-state index in [0.717, 1.165) is 42.4 Å². The Morgan fingerprint density at radius 1 is 0.824 bits per heavy atom. The van der Waals surface area contributed by atoms with Gasteiger partial charge in [0, 0.05) is 17.7 Å². The lowest BCUT2D eigenvalue weighted by Gasteiger charge is -2.27. The first kappa shape index (κ1) is 24.3. The van der Waals surface area contributed by atoms with E-state index < -0.39 is 11.6 Å². The minimum atomic E-state index is -0.786. The largest absolute Gasteiger partial charge is 0.377 e. The van der Waals surface area contributed by atoms with Gasteiger partial charge in [-0.15, -0.1) is 0 Å². The smallest absolute Gasteiger partial charge is 0.166 e. The lowest BCUT2D eigenvalue weighted by molar-refractivity contribution is 0.131. The molecule has 0 unspecified atom stereocenters. The molecule has 0 saturated heterocycles. The van der Waals surface area contributed by atoms with Gasteiger partial charge in [0.1, 0.15) is 5.82 Å². The van der Waals surface area contributed by atoms with Crippen molar-refractivity contribution < 1.29 is 17.9 Å². The number of hydrogen-bond donors (Lipinski definition) is 0. The van der Waals surface area contributed by atoms with Crippen molar-refractivity contribution in [2.45, 2.75) is 52.1 Å². The molecule has 4 heteroatoms. The summed E-state index contributed by atoms with van der Waals surface area (Å²) in [5.41, 5.74) is 3.77. The zero-order valence-corrected chi connectivity index (χ0v) is 19.8. The molecule has 4 rings (SSSR count). The van der Waals surface area contributed by atoms with Crippen molar-refractivity contribution in [1.29, 1.82) is 0 Å². The standard InChI is InChI=1S/C30H31F3O/c1-3-34-19-26-15-14-25(18-28(26)31)22-11-6-21(7-12-22)8-13-24-16-17-27(30(33)29(24)32)23-9-4-20(2)5-10-23/h6-8,11-18,20,23H,3-5,9-10,19H2,1-2H3/b13-8+. The van der Waals surface area contributed by atoms with Gasteiger partial charge >= 0.3 is 0 Å². The zero-order chi connectivity index (χ0) is 24.1. The first-order valence-electron chi connectivity index (χ1n) is 12.1. The van der Waals surface area contributed by atoms with E-state index in [1.165, 1.54) is 6.07 Å². The highest BCUT2D eigenvalue weighted by atomic mass is 19.2. The van der Waals surface area contributed by atoms with E-state index in [-0.39, 0.29) is 23.9 Å². The van der Waals surface area contributed by atoms with Gasteiger partial charge in [-0.25, -0.2) is 13.2 Å². The van der Waals surface area contributed by atoms with Crippen LogP contribution >= 0.6 is 0 Å². The summed E-state index contributed by atoms with van der Waals surface area (Å²) in [7, 11) is 0. The third kappa shape index (κ3) is 5.61. The van der Waals surface area contributed by atoms with E-state index in [1.54, 1.807) is 30.4 Å². The van der Waals surface area contributed by atoms with Gasteiger partial charge in [0.05, 0.1) is 6.61 Å². The predicted molar refractivity (Wildman–Crippen MR) is 133 cm³/mol. The van der Waals surface area contributed by atoms with Crippen molar-refractivity contribution in [2.75, 3.05) is 6.61 Å². The summed E-state index contributed by atoms with van der Waals surface area (Å²) >= 11 is 0. The third-order valence-corrected chi connectivity index (χ3v) is 6.81. The van der Waals surface area contributed by atoms with Crippen LogP contribution in [0.1, 0.15) is 67.7 Å². The van der Waals surface area contributed by atoms with Gasteiger partial charge in [-0.1, -0.05) is 80.4 Å².